The van der Waals surface area contributed by atoms with Crippen LogP contribution in [0.2, 0.25) is 5.02 Å². The van der Waals surface area contributed by atoms with Crippen molar-refractivity contribution >= 4 is 33.4 Å². The van der Waals surface area contributed by atoms with E-state index in [0.29, 0.717) is 16.5 Å². The Balaban J connectivity index is 3.12. The number of hydrogen-bond donors (Lipinski definition) is 0. The summed E-state index contributed by atoms with van der Waals surface area (Å²) in [5.41, 5.74) is 0.577. The molecule has 1 aromatic rings. The lowest BCUT2D eigenvalue weighted by atomic mass is 10.1. The molecule has 1 amide bonds. The van der Waals surface area contributed by atoms with E-state index in [0.717, 1.165) is 23.9 Å². The van der Waals surface area contributed by atoms with Crippen LogP contribution in [0.15, 0.2) is 22.7 Å². The Morgan fingerprint density at radius 1 is 1.30 bits per heavy atom. The second-order valence-electron chi connectivity index (χ2n) is 5.45. The third-order valence-corrected chi connectivity index (χ3v) is 4.19. The zero-order valence-corrected chi connectivity index (χ0v) is 15.0. The van der Waals surface area contributed by atoms with Crippen molar-refractivity contribution in [3.05, 3.63) is 33.3 Å². The fourth-order valence-electron chi connectivity index (χ4n) is 2.34. The molecule has 0 heterocycles. The first kappa shape index (κ1) is 17.5. The van der Waals surface area contributed by atoms with Crippen molar-refractivity contribution in [2.45, 2.75) is 46.6 Å². The molecule has 112 valence electrons. The van der Waals surface area contributed by atoms with E-state index >= 15 is 0 Å². The Labute approximate surface area is 135 Å². The van der Waals surface area contributed by atoms with Crippen LogP contribution in [-0.4, -0.2) is 23.4 Å². The molecule has 0 aliphatic carbocycles. The van der Waals surface area contributed by atoms with E-state index in [4.69, 9.17) is 11.6 Å². The lowest BCUT2D eigenvalue weighted by Gasteiger charge is -2.32. The monoisotopic (exact) mass is 359 g/mol. The van der Waals surface area contributed by atoms with E-state index in [1.165, 1.54) is 0 Å². The number of rotatable bonds is 6. The molecule has 0 aliphatic rings. The normalized spacial score (nSPS) is 11.2. The number of carbonyl (C=O) groups excluding carboxylic acids is 1. The molecule has 0 spiro atoms. The van der Waals surface area contributed by atoms with E-state index in [1.807, 2.05) is 11.0 Å². The standard InChI is InChI=1S/C16H23BrClNO/c1-5-13(6-2)19(10-11(3)4)16(20)14-9-12(17)7-8-15(14)18/h7-9,11,13H,5-6,10H2,1-4H3. The van der Waals surface area contributed by atoms with E-state index in [2.05, 4.69) is 43.6 Å². The fraction of sp³-hybridized carbons (Fsp3) is 0.562. The summed E-state index contributed by atoms with van der Waals surface area (Å²) in [4.78, 5) is 14.8. The maximum Gasteiger partial charge on any atom is 0.255 e. The minimum absolute atomic E-state index is 0.0266. The smallest absolute Gasteiger partial charge is 0.255 e. The van der Waals surface area contributed by atoms with Crippen LogP contribution in [0, 0.1) is 5.92 Å². The van der Waals surface area contributed by atoms with Crippen molar-refractivity contribution in [2.24, 2.45) is 5.92 Å². The summed E-state index contributed by atoms with van der Waals surface area (Å²) >= 11 is 9.60. The van der Waals surface area contributed by atoms with Crippen LogP contribution in [0.1, 0.15) is 50.9 Å². The number of nitrogens with zero attached hydrogens (tertiary/aromatic N) is 1. The zero-order chi connectivity index (χ0) is 15.3. The first-order valence-corrected chi connectivity index (χ1v) is 8.33. The van der Waals surface area contributed by atoms with Crippen LogP contribution in [0.3, 0.4) is 0 Å². The van der Waals surface area contributed by atoms with Crippen LogP contribution in [-0.2, 0) is 0 Å². The van der Waals surface area contributed by atoms with Gasteiger partial charge in [0.1, 0.15) is 0 Å². The molecule has 20 heavy (non-hydrogen) atoms. The molecule has 0 unspecified atom stereocenters. The highest BCUT2D eigenvalue weighted by molar-refractivity contribution is 9.10. The lowest BCUT2D eigenvalue weighted by Crippen LogP contribution is -2.42. The van der Waals surface area contributed by atoms with E-state index < -0.39 is 0 Å². The van der Waals surface area contributed by atoms with Crippen LogP contribution < -0.4 is 0 Å². The van der Waals surface area contributed by atoms with Gasteiger partial charge < -0.3 is 4.90 Å². The number of halogens is 2. The summed E-state index contributed by atoms with van der Waals surface area (Å²) in [6.45, 7) is 9.26. The fourth-order valence-corrected chi connectivity index (χ4v) is 2.90. The topological polar surface area (TPSA) is 20.3 Å². The molecule has 0 saturated heterocycles. The highest BCUT2D eigenvalue weighted by atomic mass is 79.9. The second kappa shape index (κ2) is 8.04. The second-order valence-corrected chi connectivity index (χ2v) is 6.77. The van der Waals surface area contributed by atoms with Gasteiger partial charge in [-0.05, 0) is 37.0 Å². The van der Waals surface area contributed by atoms with E-state index in [-0.39, 0.29) is 11.9 Å². The van der Waals surface area contributed by atoms with Gasteiger partial charge in [0.2, 0.25) is 0 Å². The molecule has 0 fully saturated rings. The number of hydrogen-bond acceptors (Lipinski definition) is 1. The molecule has 0 N–H and O–H groups in total. The first-order valence-electron chi connectivity index (χ1n) is 7.16. The van der Waals surface area contributed by atoms with Gasteiger partial charge in [0, 0.05) is 17.1 Å². The first-order chi connectivity index (χ1) is 9.40. The van der Waals surface area contributed by atoms with Crippen molar-refractivity contribution < 1.29 is 4.79 Å². The van der Waals surface area contributed by atoms with E-state index in [1.54, 1.807) is 12.1 Å². The Kier molecular flexibility index (Phi) is 7.04. The SMILES string of the molecule is CCC(CC)N(CC(C)C)C(=O)c1cc(Br)ccc1Cl. The van der Waals surface area contributed by atoms with Crippen molar-refractivity contribution in [3.8, 4) is 0 Å². The van der Waals surface area contributed by atoms with Crippen molar-refractivity contribution in [1.82, 2.24) is 4.90 Å². The number of benzene rings is 1. The Hall–Kier alpha value is -0.540. The van der Waals surface area contributed by atoms with Crippen molar-refractivity contribution in [1.29, 1.82) is 0 Å². The van der Waals surface area contributed by atoms with Crippen LogP contribution in [0.25, 0.3) is 0 Å². The van der Waals surface area contributed by atoms with Crippen LogP contribution >= 0.6 is 27.5 Å². The van der Waals surface area contributed by atoms with Gasteiger partial charge in [0.05, 0.1) is 10.6 Å². The number of amides is 1. The minimum Gasteiger partial charge on any atom is -0.335 e. The minimum atomic E-state index is 0.0266. The van der Waals surface area contributed by atoms with Crippen molar-refractivity contribution in [3.63, 3.8) is 0 Å². The Morgan fingerprint density at radius 2 is 1.90 bits per heavy atom. The molecule has 1 rings (SSSR count). The summed E-state index contributed by atoms with van der Waals surface area (Å²) in [5, 5.41) is 0.512. The van der Waals surface area contributed by atoms with E-state index in [9.17, 15) is 4.79 Å². The maximum absolute atomic E-state index is 12.8. The average molecular weight is 361 g/mol. The van der Waals surface area contributed by atoms with Gasteiger partial charge >= 0.3 is 0 Å². The molecule has 2 nitrogen and oxygen atoms in total. The molecular formula is C16H23BrClNO. The Morgan fingerprint density at radius 3 is 2.40 bits per heavy atom. The average Bonchev–Trinajstić information content (AvgIpc) is 2.40. The third kappa shape index (κ3) is 4.49. The quantitative estimate of drug-likeness (QED) is 0.666. The predicted octanol–water partition coefficient (Wildman–Crippen LogP) is 5.39. The molecule has 1 aromatic carbocycles. The molecular weight excluding hydrogens is 338 g/mol. The van der Waals surface area contributed by atoms with Gasteiger partial charge in [-0.2, -0.15) is 0 Å². The molecule has 4 heteroatoms. The van der Waals surface area contributed by atoms with Crippen molar-refractivity contribution in [2.75, 3.05) is 6.54 Å². The Bertz CT molecular complexity index is 458. The van der Waals surface area contributed by atoms with Gasteiger partial charge in [0.15, 0.2) is 0 Å². The van der Waals surface area contributed by atoms with Gasteiger partial charge in [-0.15, -0.1) is 0 Å². The van der Waals surface area contributed by atoms with Gasteiger partial charge in [-0.3, -0.25) is 4.79 Å². The summed E-state index contributed by atoms with van der Waals surface area (Å²) in [5.74, 6) is 0.462. The van der Waals surface area contributed by atoms with Crippen LogP contribution in [0.5, 0.6) is 0 Å². The van der Waals surface area contributed by atoms with Gasteiger partial charge in [0.25, 0.3) is 5.91 Å². The summed E-state index contributed by atoms with van der Waals surface area (Å²) < 4.78 is 0.874. The highest BCUT2D eigenvalue weighted by Crippen LogP contribution is 2.24. The summed E-state index contributed by atoms with van der Waals surface area (Å²) in [7, 11) is 0. The lowest BCUT2D eigenvalue weighted by molar-refractivity contribution is 0.0640. The molecule has 0 radical (unpaired) electrons. The molecule has 0 aromatic heterocycles. The molecule has 0 aliphatic heterocycles. The predicted molar refractivity (Wildman–Crippen MR) is 89.4 cm³/mol. The van der Waals surface area contributed by atoms with Crippen LogP contribution in [0.4, 0.5) is 0 Å². The third-order valence-electron chi connectivity index (χ3n) is 3.36. The summed E-state index contributed by atoms with van der Waals surface area (Å²) in [6.07, 6.45) is 1.92. The number of carbonyl (C=O) groups is 1. The molecule has 0 atom stereocenters. The maximum atomic E-state index is 12.8. The zero-order valence-electron chi connectivity index (χ0n) is 12.6. The largest absolute Gasteiger partial charge is 0.335 e. The molecule has 0 saturated carbocycles. The highest BCUT2D eigenvalue weighted by Gasteiger charge is 2.24. The molecule has 0 bridgehead atoms. The summed E-state index contributed by atoms with van der Waals surface area (Å²) in [6, 6.07) is 5.68. The van der Waals surface area contributed by atoms with Gasteiger partial charge in [-0.1, -0.05) is 55.2 Å². The van der Waals surface area contributed by atoms with Gasteiger partial charge in [-0.25, -0.2) is 0 Å².